The molecule has 0 bridgehead atoms. The molecule has 0 saturated heterocycles. The first-order chi connectivity index (χ1) is 11.6. The van der Waals surface area contributed by atoms with Crippen LogP contribution in [0.3, 0.4) is 0 Å². The smallest absolute Gasteiger partial charge is 0.247 e. The molecule has 0 aliphatic heterocycles. The Bertz CT molecular complexity index is 886. The third-order valence-corrected chi connectivity index (χ3v) is 4.97. The Balaban J connectivity index is 2.35. The van der Waals surface area contributed by atoms with Crippen molar-refractivity contribution in [2.45, 2.75) is 13.0 Å². The second kappa shape index (κ2) is 7.59. The Kier molecular flexibility index (Phi) is 5.92. The van der Waals surface area contributed by atoms with Crippen molar-refractivity contribution in [2.24, 2.45) is 0 Å². The molecule has 0 spiro atoms. The first-order valence-corrected chi connectivity index (χ1v) is 9.71. The first-order valence-electron chi connectivity index (χ1n) is 7.10. The summed E-state index contributed by atoms with van der Waals surface area (Å²) in [5.41, 5.74) is 0.0908. The van der Waals surface area contributed by atoms with Crippen LogP contribution >= 0.6 is 23.2 Å². The summed E-state index contributed by atoms with van der Waals surface area (Å²) in [4.78, 5) is 12.5. The van der Waals surface area contributed by atoms with Gasteiger partial charge in [0.05, 0.1) is 11.9 Å². The molecule has 9 heteroatoms. The van der Waals surface area contributed by atoms with Crippen LogP contribution in [0.4, 0.5) is 15.8 Å². The predicted molar refractivity (Wildman–Crippen MR) is 98.3 cm³/mol. The van der Waals surface area contributed by atoms with Crippen LogP contribution in [0, 0.1) is 5.82 Å². The topological polar surface area (TPSA) is 66.5 Å². The van der Waals surface area contributed by atoms with E-state index in [1.165, 1.54) is 43.3 Å². The van der Waals surface area contributed by atoms with Gasteiger partial charge in [-0.15, -0.1) is 0 Å². The molecular formula is C16H15Cl2FN2O3S. The van der Waals surface area contributed by atoms with Crippen LogP contribution in [-0.4, -0.2) is 26.6 Å². The van der Waals surface area contributed by atoms with Crippen LogP contribution in [-0.2, 0) is 14.8 Å². The quantitative estimate of drug-likeness (QED) is 0.820. The molecule has 0 radical (unpaired) electrons. The Morgan fingerprint density at radius 1 is 1.16 bits per heavy atom. The number of hydrogen-bond donors (Lipinski definition) is 1. The van der Waals surface area contributed by atoms with Crippen molar-refractivity contribution in [1.82, 2.24) is 0 Å². The van der Waals surface area contributed by atoms with Gasteiger partial charge in [0.15, 0.2) is 0 Å². The molecular weight excluding hydrogens is 390 g/mol. The molecule has 0 aliphatic rings. The number of hydrogen-bond acceptors (Lipinski definition) is 3. The van der Waals surface area contributed by atoms with E-state index < -0.39 is 27.8 Å². The average molecular weight is 405 g/mol. The molecule has 1 amide bonds. The van der Waals surface area contributed by atoms with E-state index in [-0.39, 0.29) is 5.69 Å². The van der Waals surface area contributed by atoms with Gasteiger partial charge in [-0.3, -0.25) is 9.10 Å². The van der Waals surface area contributed by atoms with E-state index in [4.69, 9.17) is 23.2 Å². The van der Waals surface area contributed by atoms with Gasteiger partial charge in [-0.1, -0.05) is 35.3 Å². The van der Waals surface area contributed by atoms with E-state index in [9.17, 15) is 17.6 Å². The summed E-state index contributed by atoms with van der Waals surface area (Å²) in [7, 11) is -3.91. The molecule has 1 N–H and O–H groups in total. The Morgan fingerprint density at radius 3 is 2.24 bits per heavy atom. The number of benzene rings is 2. The minimum Gasteiger partial charge on any atom is -0.324 e. The van der Waals surface area contributed by atoms with Crippen molar-refractivity contribution in [1.29, 1.82) is 0 Å². The summed E-state index contributed by atoms with van der Waals surface area (Å²) in [6.45, 7) is 1.36. The molecule has 0 saturated carbocycles. The lowest BCUT2D eigenvalue weighted by Gasteiger charge is -2.28. The largest absolute Gasteiger partial charge is 0.324 e. The Labute approximate surface area is 155 Å². The van der Waals surface area contributed by atoms with Crippen molar-refractivity contribution in [3.8, 4) is 0 Å². The van der Waals surface area contributed by atoms with Gasteiger partial charge >= 0.3 is 0 Å². The summed E-state index contributed by atoms with van der Waals surface area (Å²) < 4.78 is 39.0. The SMILES string of the molecule is C[C@H](C(=O)Nc1cc(Cl)cc(Cl)c1)N(c1ccccc1F)S(C)(=O)=O. The van der Waals surface area contributed by atoms with Crippen molar-refractivity contribution < 1.29 is 17.6 Å². The van der Waals surface area contributed by atoms with Crippen LogP contribution in [0.1, 0.15) is 6.92 Å². The van der Waals surface area contributed by atoms with Crippen molar-refractivity contribution in [2.75, 3.05) is 15.9 Å². The van der Waals surface area contributed by atoms with E-state index in [0.717, 1.165) is 16.6 Å². The average Bonchev–Trinajstić information content (AvgIpc) is 2.46. The number of anilines is 2. The van der Waals surface area contributed by atoms with E-state index in [1.54, 1.807) is 0 Å². The van der Waals surface area contributed by atoms with Gasteiger partial charge in [-0.2, -0.15) is 0 Å². The molecule has 0 fully saturated rings. The molecule has 0 aromatic heterocycles. The van der Waals surface area contributed by atoms with E-state index in [1.807, 2.05) is 0 Å². The molecule has 0 unspecified atom stereocenters. The van der Waals surface area contributed by atoms with Gasteiger partial charge in [0.2, 0.25) is 15.9 Å². The molecule has 134 valence electrons. The van der Waals surface area contributed by atoms with E-state index >= 15 is 0 Å². The summed E-state index contributed by atoms with van der Waals surface area (Å²) >= 11 is 11.7. The highest BCUT2D eigenvalue weighted by Crippen LogP contribution is 2.26. The van der Waals surface area contributed by atoms with Crippen molar-refractivity contribution >= 4 is 50.5 Å². The fraction of sp³-hybridized carbons (Fsp3) is 0.188. The van der Waals surface area contributed by atoms with Gasteiger partial charge in [0.25, 0.3) is 0 Å². The monoisotopic (exact) mass is 404 g/mol. The molecule has 5 nitrogen and oxygen atoms in total. The summed E-state index contributed by atoms with van der Waals surface area (Å²) in [5, 5.41) is 3.15. The highest BCUT2D eigenvalue weighted by Gasteiger charge is 2.31. The second-order valence-electron chi connectivity index (χ2n) is 5.33. The number of nitrogens with zero attached hydrogens (tertiary/aromatic N) is 1. The number of carbonyl (C=O) groups excluding carboxylic acids is 1. The van der Waals surface area contributed by atoms with Gasteiger partial charge in [0, 0.05) is 15.7 Å². The maximum absolute atomic E-state index is 14.1. The summed E-state index contributed by atoms with van der Waals surface area (Å²) in [6, 6.07) is 8.54. The van der Waals surface area contributed by atoms with Crippen LogP contribution in [0.5, 0.6) is 0 Å². The maximum Gasteiger partial charge on any atom is 0.247 e. The zero-order valence-electron chi connectivity index (χ0n) is 13.3. The lowest BCUT2D eigenvalue weighted by Crippen LogP contribution is -2.45. The minimum absolute atomic E-state index is 0.211. The molecule has 2 rings (SSSR count). The fourth-order valence-corrected chi connectivity index (χ4v) is 3.99. The minimum atomic E-state index is -3.91. The Morgan fingerprint density at radius 2 is 1.72 bits per heavy atom. The zero-order valence-corrected chi connectivity index (χ0v) is 15.7. The number of rotatable bonds is 5. The molecule has 25 heavy (non-hydrogen) atoms. The maximum atomic E-state index is 14.1. The molecule has 0 aliphatic carbocycles. The summed E-state index contributed by atoms with van der Waals surface area (Å²) in [6.07, 6.45) is 0.902. The zero-order chi connectivity index (χ0) is 18.8. The van der Waals surface area contributed by atoms with Crippen molar-refractivity contribution in [3.05, 3.63) is 58.3 Å². The van der Waals surface area contributed by atoms with Gasteiger partial charge in [-0.25, -0.2) is 12.8 Å². The number of para-hydroxylation sites is 1. The Hall–Kier alpha value is -1.83. The van der Waals surface area contributed by atoms with E-state index in [2.05, 4.69) is 5.32 Å². The van der Waals surface area contributed by atoms with E-state index in [0.29, 0.717) is 15.7 Å². The third-order valence-electron chi connectivity index (χ3n) is 3.31. The first kappa shape index (κ1) is 19.5. The summed E-state index contributed by atoms with van der Waals surface area (Å²) in [5.74, 6) is -1.41. The second-order valence-corrected chi connectivity index (χ2v) is 8.07. The van der Waals surface area contributed by atoms with Gasteiger partial charge in [0.1, 0.15) is 11.9 Å². The molecule has 0 heterocycles. The van der Waals surface area contributed by atoms with Gasteiger partial charge in [-0.05, 0) is 37.3 Å². The predicted octanol–water partition coefficient (Wildman–Crippen LogP) is 3.93. The molecule has 2 aromatic carbocycles. The van der Waals surface area contributed by atoms with Crippen LogP contribution in [0.2, 0.25) is 10.0 Å². The highest BCUT2D eigenvalue weighted by molar-refractivity contribution is 7.92. The number of amides is 1. The highest BCUT2D eigenvalue weighted by atomic mass is 35.5. The van der Waals surface area contributed by atoms with Crippen LogP contribution in [0.25, 0.3) is 0 Å². The number of carbonyl (C=O) groups is 1. The van der Waals surface area contributed by atoms with Crippen LogP contribution in [0.15, 0.2) is 42.5 Å². The van der Waals surface area contributed by atoms with Crippen LogP contribution < -0.4 is 9.62 Å². The fourth-order valence-electron chi connectivity index (χ4n) is 2.28. The van der Waals surface area contributed by atoms with Crippen molar-refractivity contribution in [3.63, 3.8) is 0 Å². The number of halogens is 3. The molecule has 2 aromatic rings. The number of nitrogens with one attached hydrogen (secondary N) is 1. The normalized spacial score (nSPS) is 12.5. The third kappa shape index (κ3) is 4.84. The number of sulfonamides is 1. The standard InChI is InChI=1S/C16H15Cl2FN2O3S/c1-10(16(22)20-13-8-11(17)7-12(18)9-13)21(25(2,23)24)15-6-4-3-5-14(15)19/h3-10H,1-2H3,(H,20,22)/t10-/m1/s1. The lowest BCUT2D eigenvalue weighted by atomic mass is 10.2. The van der Waals surface area contributed by atoms with Gasteiger partial charge < -0.3 is 5.32 Å². The lowest BCUT2D eigenvalue weighted by molar-refractivity contribution is -0.116. The molecule has 1 atom stereocenters.